The van der Waals surface area contributed by atoms with Gasteiger partial charge in [0.05, 0.1) is 18.8 Å². The van der Waals surface area contributed by atoms with E-state index in [1.807, 2.05) is 0 Å². The molecule has 0 aliphatic carbocycles. The predicted octanol–water partition coefficient (Wildman–Crippen LogP) is 4.06. The number of epoxide rings is 1. The first-order valence-corrected chi connectivity index (χ1v) is 7.00. The number of aryl methyl sites for hydroxylation is 1. The maximum atomic E-state index is 5.66. The van der Waals surface area contributed by atoms with Crippen molar-refractivity contribution in [3.63, 3.8) is 0 Å². The fourth-order valence-corrected chi connectivity index (χ4v) is 2.46. The molecule has 2 heteroatoms. The van der Waals surface area contributed by atoms with Crippen LogP contribution in [0.25, 0.3) is 0 Å². The van der Waals surface area contributed by atoms with Crippen molar-refractivity contribution in [1.29, 1.82) is 0 Å². The molecule has 3 unspecified atom stereocenters. The lowest BCUT2D eigenvalue weighted by Gasteiger charge is -2.15. The SMILES string of the molecule is CCCOc1ccc(C(C)CC2OC2C)c(C)c1. The van der Waals surface area contributed by atoms with E-state index in [1.54, 1.807) is 0 Å². The van der Waals surface area contributed by atoms with Gasteiger partial charge in [-0.1, -0.05) is 19.9 Å². The molecule has 0 bridgehead atoms. The van der Waals surface area contributed by atoms with Crippen LogP contribution in [-0.2, 0) is 4.74 Å². The second kappa shape index (κ2) is 5.75. The molecule has 0 saturated carbocycles. The highest BCUT2D eigenvalue weighted by Gasteiger charge is 2.35. The van der Waals surface area contributed by atoms with Gasteiger partial charge in [0.2, 0.25) is 0 Å². The van der Waals surface area contributed by atoms with Crippen LogP contribution in [0.1, 0.15) is 50.7 Å². The molecule has 1 aliphatic rings. The van der Waals surface area contributed by atoms with E-state index in [9.17, 15) is 0 Å². The first-order chi connectivity index (χ1) is 8.61. The number of hydrogen-bond acceptors (Lipinski definition) is 2. The highest BCUT2D eigenvalue weighted by molar-refractivity contribution is 5.36. The molecule has 1 aromatic rings. The van der Waals surface area contributed by atoms with Crippen LogP contribution in [0.3, 0.4) is 0 Å². The summed E-state index contributed by atoms with van der Waals surface area (Å²) in [5, 5.41) is 0. The number of benzene rings is 1. The van der Waals surface area contributed by atoms with E-state index in [4.69, 9.17) is 9.47 Å². The minimum Gasteiger partial charge on any atom is -0.494 e. The fraction of sp³-hybridized carbons (Fsp3) is 0.625. The normalized spacial score (nSPS) is 23.8. The maximum absolute atomic E-state index is 5.66. The standard InChI is InChI=1S/C16H24O2/c1-5-8-17-14-6-7-15(11(2)9-14)12(3)10-16-13(4)18-16/h6-7,9,12-13,16H,5,8,10H2,1-4H3. The second-order valence-electron chi connectivity index (χ2n) is 5.38. The van der Waals surface area contributed by atoms with Gasteiger partial charge in [-0.3, -0.25) is 0 Å². The van der Waals surface area contributed by atoms with E-state index in [-0.39, 0.29) is 0 Å². The monoisotopic (exact) mass is 248 g/mol. The molecule has 1 aromatic carbocycles. The molecule has 1 saturated heterocycles. The van der Waals surface area contributed by atoms with Crippen molar-refractivity contribution < 1.29 is 9.47 Å². The van der Waals surface area contributed by atoms with Crippen molar-refractivity contribution in [3.8, 4) is 5.75 Å². The van der Waals surface area contributed by atoms with Gasteiger partial charge in [0, 0.05) is 0 Å². The van der Waals surface area contributed by atoms with Gasteiger partial charge in [0.1, 0.15) is 5.75 Å². The summed E-state index contributed by atoms with van der Waals surface area (Å²) >= 11 is 0. The Morgan fingerprint density at radius 1 is 1.39 bits per heavy atom. The summed E-state index contributed by atoms with van der Waals surface area (Å²) in [6.07, 6.45) is 3.10. The van der Waals surface area contributed by atoms with E-state index < -0.39 is 0 Å². The third-order valence-corrected chi connectivity index (χ3v) is 3.67. The van der Waals surface area contributed by atoms with Crippen LogP contribution >= 0.6 is 0 Å². The quantitative estimate of drug-likeness (QED) is 0.708. The van der Waals surface area contributed by atoms with Crippen molar-refractivity contribution in [2.75, 3.05) is 6.61 Å². The Kier molecular flexibility index (Phi) is 4.28. The van der Waals surface area contributed by atoms with E-state index in [2.05, 4.69) is 45.9 Å². The van der Waals surface area contributed by atoms with E-state index in [1.165, 1.54) is 11.1 Å². The predicted molar refractivity (Wildman–Crippen MR) is 74.3 cm³/mol. The molecule has 0 amide bonds. The molecule has 1 aliphatic heterocycles. The van der Waals surface area contributed by atoms with Gasteiger partial charge in [-0.25, -0.2) is 0 Å². The first kappa shape index (κ1) is 13.4. The van der Waals surface area contributed by atoms with Crippen LogP contribution in [0.5, 0.6) is 5.75 Å². The van der Waals surface area contributed by atoms with Gasteiger partial charge in [-0.2, -0.15) is 0 Å². The average molecular weight is 248 g/mol. The van der Waals surface area contributed by atoms with E-state index in [0.717, 1.165) is 25.2 Å². The zero-order valence-electron chi connectivity index (χ0n) is 11.9. The zero-order valence-corrected chi connectivity index (χ0v) is 11.9. The van der Waals surface area contributed by atoms with Gasteiger partial charge in [-0.15, -0.1) is 0 Å². The summed E-state index contributed by atoms with van der Waals surface area (Å²) < 4.78 is 11.2. The Balaban J connectivity index is 1.99. The molecule has 3 atom stereocenters. The lowest BCUT2D eigenvalue weighted by atomic mass is 9.92. The number of rotatable bonds is 6. The van der Waals surface area contributed by atoms with Crippen molar-refractivity contribution >= 4 is 0 Å². The Bertz CT molecular complexity index is 400. The largest absolute Gasteiger partial charge is 0.494 e. The molecule has 0 spiro atoms. The third kappa shape index (κ3) is 3.26. The summed E-state index contributed by atoms with van der Waals surface area (Å²) in [6, 6.07) is 6.45. The van der Waals surface area contributed by atoms with E-state index in [0.29, 0.717) is 18.1 Å². The Hall–Kier alpha value is -1.02. The summed E-state index contributed by atoms with van der Waals surface area (Å²) in [5.41, 5.74) is 2.74. The van der Waals surface area contributed by atoms with Crippen LogP contribution in [0.4, 0.5) is 0 Å². The summed E-state index contributed by atoms with van der Waals surface area (Å²) in [7, 11) is 0. The smallest absolute Gasteiger partial charge is 0.119 e. The molecular formula is C16H24O2. The summed E-state index contributed by atoms with van der Waals surface area (Å²) in [4.78, 5) is 0. The highest BCUT2D eigenvalue weighted by atomic mass is 16.6. The van der Waals surface area contributed by atoms with Gasteiger partial charge in [0.15, 0.2) is 0 Å². The number of hydrogen-bond donors (Lipinski definition) is 0. The molecule has 1 heterocycles. The van der Waals surface area contributed by atoms with Crippen LogP contribution in [0, 0.1) is 6.92 Å². The fourth-order valence-electron chi connectivity index (χ4n) is 2.46. The molecule has 100 valence electrons. The van der Waals surface area contributed by atoms with Crippen LogP contribution < -0.4 is 4.74 Å². The summed E-state index contributed by atoms with van der Waals surface area (Å²) in [6.45, 7) is 9.51. The minimum atomic E-state index is 0.458. The minimum absolute atomic E-state index is 0.458. The highest BCUT2D eigenvalue weighted by Crippen LogP contribution is 2.34. The van der Waals surface area contributed by atoms with Crippen LogP contribution in [0.2, 0.25) is 0 Å². The van der Waals surface area contributed by atoms with Gasteiger partial charge in [-0.05, 0) is 55.9 Å². The zero-order chi connectivity index (χ0) is 13.1. The topological polar surface area (TPSA) is 21.8 Å². The molecule has 2 nitrogen and oxygen atoms in total. The van der Waals surface area contributed by atoms with Gasteiger partial charge < -0.3 is 9.47 Å². The third-order valence-electron chi connectivity index (χ3n) is 3.67. The van der Waals surface area contributed by atoms with Crippen molar-refractivity contribution in [2.24, 2.45) is 0 Å². The number of ether oxygens (including phenoxy) is 2. The average Bonchev–Trinajstić information content (AvgIpc) is 3.02. The van der Waals surface area contributed by atoms with Crippen molar-refractivity contribution in [2.45, 2.75) is 58.7 Å². The molecule has 18 heavy (non-hydrogen) atoms. The molecule has 0 aromatic heterocycles. The maximum Gasteiger partial charge on any atom is 0.119 e. The molecule has 1 fully saturated rings. The second-order valence-corrected chi connectivity index (χ2v) is 5.38. The lowest BCUT2D eigenvalue weighted by Crippen LogP contribution is -2.03. The van der Waals surface area contributed by atoms with Crippen molar-refractivity contribution in [1.82, 2.24) is 0 Å². The molecule has 0 N–H and O–H groups in total. The van der Waals surface area contributed by atoms with Gasteiger partial charge >= 0.3 is 0 Å². The van der Waals surface area contributed by atoms with E-state index >= 15 is 0 Å². The van der Waals surface area contributed by atoms with Crippen LogP contribution in [-0.4, -0.2) is 18.8 Å². The summed E-state index contributed by atoms with van der Waals surface area (Å²) in [5.74, 6) is 1.54. The Morgan fingerprint density at radius 2 is 2.11 bits per heavy atom. The van der Waals surface area contributed by atoms with Crippen molar-refractivity contribution in [3.05, 3.63) is 29.3 Å². The molecular weight excluding hydrogens is 224 g/mol. The Morgan fingerprint density at radius 3 is 2.67 bits per heavy atom. The van der Waals surface area contributed by atoms with Gasteiger partial charge in [0.25, 0.3) is 0 Å². The molecule has 2 rings (SSSR count). The molecule has 0 radical (unpaired) electrons. The van der Waals surface area contributed by atoms with Crippen LogP contribution in [0.15, 0.2) is 18.2 Å². The first-order valence-electron chi connectivity index (χ1n) is 7.00. The Labute approximate surface area is 110 Å². The lowest BCUT2D eigenvalue weighted by molar-refractivity contribution is 0.317.